The van der Waals surface area contributed by atoms with Crippen molar-refractivity contribution in [1.29, 1.82) is 0 Å². The molecule has 11 aromatic rings. The summed E-state index contributed by atoms with van der Waals surface area (Å²) < 4.78 is 6.37. The minimum atomic E-state index is -0.541. The smallest absolute Gasteiger partial charge is 0.160 e. The van der Waals surface area contributed by atoms with Crippen molar-refractivity contribution in [3.05, 3.63) is 241 Å². The highest BCUT2D eigenvalue weighted by molar-refractivity contribution is 6.06. The number of hydrogen-bond acceptors (Lipinski definition) is 3. The van der Waals surface area contributed by atoms with Crippen molar-refractivity contribution in [3.8, 4) is 78.4 Å². The number of para-hydroxylation sites is 1. The van der Waals surface area contributed by atoms with E-state index < -0.39 is 5.41 Å². The number of benzene rings is 9. The van der Waals surface area contributed by atoms with Crippen LogP contribution in [0.5, 0.6) is 0 Å². The van der Waals surface area contributed by atoms with Gasteiger partial charge < -0.3 is 4.42 Å². The number of furan rings is 1. The molecule has 9 aromatic carbocycles. The maximum atomic E-state index is 6.37. The second kappa shape index (κ2) is 13.4. The third kappa shape index (κ3) is 5.06. The molecule has 0 unspecified atom stereocenters. The van der Waals surface area contributed by atoms with E-state index >= 15 is 0 Å². The van der Waals surface area contributed by atoms with Crippen LogP contribution < -0.4 is 0 Å². The third-order valence-corrected chi connectivity index (χ3v) is 13.2. The molecule has 1 spiro atoms. The standard InChI is InChI=1S/C59H36N2O/c1-2-14-37(15-3-1)38-26-28-39(29-27-38)54-36-55(61-58(60-54)41-30-32-48-47-21-9-13-25-56(47)62-57(48)35-41)40-31-33-53-49(34-40)43-17-5-4-16-42(43)44-18-6-10-22-50(44)59(53)51-23-11-7-19-45(51)46-20-8-12-24-52(46)59/h1-36H. The third-order valence-electron chi connectivity index (χ3n) is 13.2. The number of hydrogen-bond donors (Lipinski definition) is 0. The molecule has 0 aliphatic heterocycles. The van der Waals surface area contributed by atoms with E-state index in [1.807, 2.05) is 12.1 Å². The van der Waals surface area contributed by atoms with Crippen molar-refractivity contribution in [2.45, 2.75) is 5.41 Å². The molecule has 2 aliphatic carbocycles. The second-order valence-corrected chi connectivity index (χ2v) is 16.4. The number of aromatic nitrogens is 2. The van der Waals surface area contributed by atoms with Gasteiger partial charge in [0.15, 0.2) is 5.82 Å². The highest BCUT2D eigenvalue weighted by Crippen LogP contribution is 2.61. The van der Waals surface area contributed by atoms with Gasteiger partial charge in [-0.1, -0.05) is 188 Å². The maximum absolute atomic E-state index is 6.37. The summed E-state index contributed by atoms with van der Waals surface area (Å²) in [5.74, 6) is 0.643. The molecule has 288 valence electrons. The average molecular weight is 789 g/mol. The van der Waals surface area contributed by atoms with E-state index in [-0.39, 0.29) is 0 Å². The minimum Gasteiger partial charge on any atom is -0.456 e. The molecule has 0 atom stereocenters. The summed E-state index contributed by atoms with van der Waals surface area (Å²) in [6.45, 7) is 0. The van der Waals surface area contributed by atoms with Crippen molar-refractivity contribution < 1.29 is 4.42 Å². The molecule has 0 saturated carbocycles. The van der Waals surface area contributed by atoms with E-state index in [4.69, 9.17) is 14.4 Å². The molecular weight excluding hydrogens is 753 g/mol. The quantitative estimate of drug-likeness (QED) is 0.178. The monoisotopic (exact) mass is 788 g/mol. The molecule has 62 heavy (non-hydrogen) atoms. The number of nitrogens with zero attached hydrogens (tertiary/aromatic N) is 2. The van der Waals surface area contributed by atoms with Crippen molar-refractivity contribution >= 4 is 21.9 Å². The summed E-state index contributed by atoms with van der Waals surface area (Å²) in [5, 5.41) is 2.17. The Morgan fingerprint density at radius 1 is 0.290 bits per heavy atom. The highest BCUT2D eigenvalue weighted by atomic mass is 16.3. The number of fused-ring (bicyclic) bond motifs is 15. The fourth-order valence-electron chi connectivity index (χ4n) is 10.4. The lowest BCUT2D eigenvalue weighted by Gasteiger charge is -2.35. The zero-order valence-corrected chi connectivity index (χ0v) is 33.6. The predicted molar refractivity (Wildman–Crippen MR) is 253 cm³/mol. The predicted octanol–water partition coefficient (Wildman–Crippen LogP) is 15.1. The van der Waals surface area contributed by atoms with E-state index in [1.54, 1.807) is 0 Å². The summed E-state index contributed by atoms with van der Waals surface area (Å²) >= 11 is 0. The van der Waals surface area contributed by atoms with Gasteiger partial charge in [-0.15, -0.1) is 0 Å². The van der Waals surface area contributed by atoms with Crippen molar-refractivity contribution in [2.24, 2.45) is 0 Å². The summed E-state index contributed by atoms with van der Waals surface area (Å²) in [6, 6.07) is 78.8. The molecular formula is C59H36N2O. The molecule has 0 saturated heterocycles. The van der Waals surface area contributed by atoms with Crippen LogP contribution in [0.15, 0.2) is 223 Å². The fourth-order valence-corrected chi connectivity index (χ4v) is 10.4. The lowest BCUT2D eigenvalue weighted by atomic mass is 9.66. The fraction of sp³-hybridized carbons (Fsp3) is 0.0169. The Morgan fingerprint density at radius 2 is 0.758 bits per heavy atom. The number of rotatable bonds is 4. The molecule has 2 aliphatic rings. The van der Waals surface area contributed by atoms with Crippen LogP contribution in [0.25, 0.3) is 100 Å². The zero-order valence-electron chi connectivity index (χ0n) is 33.6. The first-order chi connectivity index (χ1) is 30.7. The van der Waals surface area contributed by atoms with Gasteiger partial charge in [-0.3, -0.25) is 0 Å². The Hall–Kier alpha value is -8.14. The van der Waals surface area contributed by atoms with Gasteiger partial charge in [0.2, 0.25) is 0 Å². The van der Waals surface area contributed by atoms with E-state index in [1.165, 1.54) is 61.2 Å². The van der Waals surface area contributed by atoms with Gasteiger partial charge in [0, 0.05) is 27.5 Å². The first-order valence-corrected chi connectivity index (χ1v) is 21.2. The molecule has 2 heterocycles. The first kappa shape index (κ1) is 34.7. The first-order valence-electron chi connectivity index (χ1n) is 21.2. The summed E-state index contributed by atoms with van der Waals surface area (Å²) in [6.07, 6.45) is 0. The van der Waals surface area contributed by atoms with Crippen molar-refractivity contribution in [1.82, 2.24) is 9.97 Å². The summed E-state index contributed by atoms with van der Waals surface area (Å²) in [7, 11) is 0. The van der Waals surface area contributed by atoms with Crippen LogP contribution in [0.3, 0.4) is 0 Å². The molecule has 13 rings (SSSR count). The normalized spacial score (nSPS) is 13.0. The van der Waals surface area contributed by atoms with Gasteiger partial charge >= 0.3 is 0 Å². The van der Waals surface area contributed by atoms with E-state index in [9.17, 15) is 0 Å². The summed E-state index contributed by atoms with van der Waals surface area (Å²) in [4.78, 5) is 10.7. The maximum Gasteiger partial charge on any atom is 0.160 e. The van der Waals surface area contributed by atoms with Crippen LogP contribution in [0.1, 0.15) is 22.3 Å². The summed E-state index contributed by atoms with van der Waals surface area (Å²) in [5.41, 5.74) is 20.7. The molecule has 0 bridgehead atoms. The Labute approximate surface area is 359 Å². The van der Waals surface area contributed by atoms with Crippen LogP contribution in [0.4, 0.5) is 0 Å². The van der Waals surface area contributed by atoms with E-state index in [0.717, 1.165) is 55.6 Å². The molecule has 3 nitrogen and oxygen atoms in total. The van der Waals surface area contributed by atoms with Crippen LogP contribution in [0, 0.1) is 0 Å². The van der Waals surface area contributed by atoms with E-state index in [2.05, 4.69) is 206 Å². The lowest BCUT2D eigenvalue weighted by Crippen LogP contribution is -2.29. The van der Waals surface area contributed by atoms with Gasteiger partial charge in [-0.05, 0) is 97.1 Å². The van der Waals surface area contributed by atoms with Gasteiger partial charge in [0.05, 0.1) is 16.8 Å². The van der Waals surface area contributed by atoms with Gasteiger partial charge in [0.1, 0.15) is 11.2 Å². The van der Waals surface area contributed by atoms with Crippen LogP contribution >= 0.6 is 0 Å². The molecule has 0 N–H and O–H groups in total. The van der Waals surface area contributed by atoms with Crippen molar-refractivity contribution in [2.75, 3.05) is 0 Å². The topological polar surface area (TPSA) is 38.9 Å². The molecule has 0 fully saturated rings. The molecule has 0 amide bonds. The Bertz CT molecular complexity index is 3540. The van der Waals surface area contributed by atoms with Gasteiger partial charge in [-0.2, -0.15) is 0 Å². The Balaban J connectivity index is 1.05. The van der Waals surface area contributed by atoms with E-state index in [0.29, 0.717) is 5.82 Å². The van der Waals surface area contributed by atoms with Crippen LogP contribution in [-0.4, -0.2) is 9.97 Å². The Morgan fingerprint density at radius 3 is 1.45 bits per heavy atom. The second-order valence-electron chi connectivity index (χ2n) is 16.4. The molecule has 2 aromatic heterocycles. The SMILES string of the molecule is c1ccc(-c2ccc(-c3cc(-c4ccc5c(c4)-c4ccccc4-c4ccccc4C54c5ccccc5-c5ccccc54)nc(-c4ccc5c(c4)oc4ccccc45)n3)cc2)cc1. The largest absolute Gasteiger partial charge is 0.456 e. The lowest BCUT2D eigenvalue weighted by molar-refractivity contribution is 0.669. The van der Waals surface area contributed by atoms with Crippen LogP contribution in [-0.2, 0) is 5.41 Å². The average Bonchev–Trinajstić information content (AvgIpc) is 3.84. The van der Waals surface area contributed by atoms with Crippen molar-refractivity contribution in [3.63, 3.8) is 0 Å². The highest BCUT2D eigenvalue weighted by Gasteiger charge is 2.49. The Kier molecular flexibility index (Phi) is 7.52. The van der Waals surface area contributed by atoms with Gasteiger partial charge in [0.25, 0.3) is 0 Å². The van der Waals surface area contributed by atoms with Crippen LogP contribution in [0.2, 0.25) is 0 Å². The zero-order chi connectivity index (χ0) is 40.8. The molecule has 3 heteroatoms. The molecule has 0 radical (unpaired) electrons. The minimum absolute atomic E-state index is 0.541. The van der Waals surface area contributed by atoms with Gasteiger partial charge in [-0.25, -0.2) is 9.97 Å².